The van der Waals surface area contributed by atoms with Crippen molar-refractivity contribution < 1.29 is 9.21 Å². The minimum absolute atomic E-state index is 0.0162. The van der Waals surface area contributed by atoms with Crippen LogP contribution in [0.25, 0.3) is 11.5 Å². The molecule has 2 rings (SSSR count). The second kappa shape index (κ2) is 7.26. The number of aryl methyl sites for hydroxylation is 1. The summed E-state index contributed by atoms with van der Waals surface area (Å²) in [7, 11) is 0. The lowest BCUT2D eigenvalue weighted by molar-refractivity contribution is -0.120. The molecule has 0 radical (unpaired) electrons. The van der Waals surface area contributed by atoms with E-state index in [1.54, 1.807) is 0 Å². The molecule has 0 bridgehead atoms. The number of hydrogen-bond donors (Lipinski definition) is 1. The maximum atomic E-state index is 11.8. The molecular formula is C15H19N3O2S. The van der Waals surface area contributed by atoms with Gasteiger partial charge in [-0.05, 0) is 31.9 Å². The summed E-state index contributed by atoms with van der Waals surface area (Å²) in [4.78, 5) is 11.8. The van der Waals surface area contributed by atoms with Gasteiger partial charge in [0.2, 0.25) is 11.8 Å². The Labute approximate surface area is 128 Å². The molecule has 1 aromatic carbocycles. The number of carbonyl (C=O) groups is 1. The molecule has 6 heteroatoms. The van der Waals surface area contributed by atoms with Crippen LogP contribution in [0.3, 0.4) is 0 Å². The molecule has 0 saturated carbocycles. The Bertz CT molecular complexity index is 612. The Morgan fingerprint density at radius 1 is 1.38 bits per heavy atom. The first-order valence-corrected chi connectivity index (χ1v) is 7.83. The van der Waals surface area contributed by atoms with Crippen LogP contribution >= 0.6 is 11.8 Å². The fourth-order valence-corrected chi connectivity index (χ4v) is 2.48. The third kappa shape index (κ3) is 4.07. The summed E-state index contributed by atoms with van der Waals surface area (Å²) in [5.41, 5.74) is 1.99. The number of nitrogens with one attached hydrogen (secondary N) is 1. The summed E-state index contributed by atoms with van der Waals surface area (Å²) in [6, 6.07) is 7.83. The first kappa shape index (κ1) is 15.6. The topological polar surface area (TPSA) is 68.0 Å². The lowest BCUT2D eigenvalue weighted by atomic mass is 10.1. The van der Waals surface area contributed by atoms with Gasteiger partial charge in [-0.2, -0.15) is 0 Å². The molecule has 21 heavy (non-hydrogen) atoms. The number of hydrogen-bond acceptors (Lipinski definition) is 5. The van der Waals surface area contributed by atoms with Gasteiger partial charge in [-0.1, -0.05) is 36.9 Å². The molecule has 1 unspecified atom stereocenters. The third-order valence-corrected chi connectivity index (χ3v) is 3.91. The largest absolute Gasteiger partial charge is 0.411 e. The predicted molar refractivity (Wildman–Crippen MR) is 83.1 cm³/mol. The molecule has 5 nitrogen and oxygen atoms in total. The highest BCUT2D eigenvalue weighted by atomic mass is 32.2. The molecule has 0 aliphatic heterocycles. The van der Waals surface area contributed by atoms with Crippen molar-refractivity contribution in [1.82, 2.24) is 15.5 Å². The van der Waals surface area contributed by atoms with E-state index in [2.05, 4.69) is 15.5 Å². The number of amides is 1. The second-order valence-corrected chi connectivity index (χ2v) is 6.03. The quantitative estimate of drug-likeness (QED) is 0.831. The Balaban J connectivity index is 2.04. The average Bonchev–Trinajstić information content (AvgIpc) is 2.93. The van der Waals surface area contributed by atoms with E-state index in [1.807, 2.05) is 45.0 Å². The van der Waals surface area contributed by atoms with Crippen LogP contribution in [0, 0.1) is 6.92 Å². The van der Waals surface area contributed by atoms with E-state index in [9.17, 15) is 4.79 Å². The molecule has 1 atom stereocenters. The van der Waals surface area contributed by atoms with Gasteiger partial charge in [-0.25, -0.2) is 0 Å². The van der Waals surface area contributed by atoms with Crippen molar-refractivity contribution in [3.63, 3.8) is 0 Å². The number of benzene rings is 1. The van der Waals surface area contributed by atoms with E-state index in [-0.39, 0.29) is 11.2 Å². The van der Waals surface area contributed by atoms with E-state index in [0.29, 0.717) is 17.7 Å². The fraction of sp³-hybridized carbons (Fsp3) is 0.400. The van der Waals surface area contributed by atoms with E-state index >= 15 is 0 Å². The highest BCUT2D eigenvalue weighted by molar-refractivity contribution is 8.00. The molecule has 2 aromatic rings. The summed E-state index contributed by atoms with van der Waals surface area (Å²) in [6.45, 7) is 6.52. The molecule has 0 spiro atoms. The second-order valence-electron chi connectivity index (χ2n) is 4.74. The zero-order valence-electron chi connectivity index (χ0n) is 12.4. The van der Waals surface area contributed by atoms with E-state index in [4.69, 9.17) is 4.42 Å². The predicted octanol–water partition coefficient (Wildman–Crippen LogP) is 3.05. The Kier molecular flexibility index (Phi) is 5.38. The van der Waals surface area contributed by atoms with Gasteiger partial charge in [-0.3, -0.25) is 4.79 Å². The van der Waals surface area contributed by atoms with Crippen molar-refractivity contribution in [2.45, 2.75) is 37.7 Å². The molecule has 1 heterocycles. The molecule has 1 N–H and O–H groups in total. The lowest BCUT2D eigenvalue weighted by Gasteiger charge is -2.08. The summed E-state index contributed by atoms with van der Waals surface area (Å²) < 4.78 is 5.64. The van der Waals surface area contributed by atoms with Crippen LogP contribution in [-0.2, 0) is 4.79 Å². The first-order chi connectivity index (χ1) is 10.1. The third-order valence-electron chi connectivity index (χ3n) is 2.98. The Morgan fingerprint density at radius 3 is 2.86 bits per heavy atom. The van der Waals surface area contributed by atoms with Crippen molar-refractivity contribution >= 4 is 17.7 Å². The highest BCUT2D eigenvalue weighted by Crippen LogP contribution is 2.27. The molecular weight excluding hydrogens is 286 g/mol. The minimum atomic E-state index is -0.262. The Morgan fingerprint density at radius 2 is 2.14 bits per heavy atom. The average molecular weight is 305 g/mol. The van der Waals surface area contributed by atoms with Gasteiger partial charge >= 0.3 is 0 Å². The van der Waals surface area contributed by atoms with E-state index in [1.165, 1.54) is 11.8 Å². The van der Waals surface area contributed by atoms with Crippen LogP contribution in [0.1, 0.15) is 25.8 Å². The van der Waals surface area contributed by atoms with Crippen molar-refractivity contribution in [3.05, 3.63) is 29.8 Å². The minimum Gasteiger partial charge on any atom is -0.411 e. The van der Waals surface area contributed by atoms with Crippen LogP contribution in [0.5, 0.6) is 0 Å². The maximum Gasteiger partial charge on any atom is 0.277 e. The maximum absolute atomic E-state index is 11.8. The van der Waals surface area contributed by atoms with Gasteiger partial charge in [0, 0.05) is 12.1 Å². The van der Waals surface area contributed by atoms with Gasteiger partial charge in [0.25, 0.3) is 5.22 Å². The zero-order valence-corrected chi connectivity index (χ0v) is 13.2. The highest BCUT2D eigenvalue weighted by Gasteiger charge is 2.18. The molecule has 0 aliphatic rings. The smallest absolute Gasteiger partial charge is 0.277 e. The van der Waals surface area contributed by atoms with Gasteiger partial charge < -0.3 is 9.73 Å². The summed E-state index contributed by atoms with van der Waals surface area (Å²) in [5, 5.41) is 11.1. The van der Waals surface area contributed by atoms with E-state index < -0.39 is 0 Å². The summed E-state index contributed by atoms with van der Waals surface area (Å²) >= 11 is 1.27. The Hall–Kier alpha value is -1.82. The van der Waals surface area contributed by atoms with Crippen LogP contribution in [0.4, 0.5) is 0 Å². The van der Waals surface area contributed by atoms with Gasteiger partial charge in [0.05, 0.1) is 5.25 Å². The number of carbonyl (C=O) groups excluding carboxylic acids is 1. The fourth-order valence-electron chi connectivity index (χ4n) is 1.78. The van der Waals surface area contributed by atoms with Gasteiger partial charge in [0.1, 0.15) is 0 Å². The molecule has 0 saturated heterocycles. The molecule has 112 valence electrons. The van der Waals surface area contributed by atoms with Crippen molar-refractivity contribution in [3.8, 4) is 11.5 Å². The van der Waals surface area contributed by atoms with Gasteiger partial charge in [-0.15, -0.1) is 10.2 Å². The first-order valence-electron chi connectivity index (χ1n) is 6.95. The van der Waals surface area contributed by atoms with Crippen molar-refractivity contribution in [1.29, 1.82) is 0 Å². The van der Waals surface area contributed by atoms with Crippen molar-refractivity contribution in [2.24, 2.45) is 0 Å². The zero-order chi connectivity index (χ0) is 15.2. The normalized spacial score (nSPS) is 12.1. The molecule has 0 fully saturated rings. The molecule has 1 aromatic heterocycles. The lowest BCUT2D eigenvalue weighted by Crippen LogP contribution is -2.31. The van der Waals surface area contributed by atoms with Crippen LogP contribution in [-0.4, -0.2) is 27.9 Å². The number of rotatable bonds is 6. The number of aromatic nitrogens is 2. The standard InChI is InChI=1S/C15H19N3O2S/c1-4-9-16-13(19)11(3)21-15-18-17-14(20-15)12-8-6-5-7-10(12)2/h5-8,11H,4,9H2,1-3H3,(H,16,19). The van der Waals surface area contributed by atoms with Crippen LogP contribution in [0.15, 0.2) is 33.9 Å². The SMILES string of the molecule is CCCNC(=O)C(C)Sc1nnc(-c2ccccc2C)o1. The van der Waals surface area contributed by atoms with Crippen LogP contribution < -0.4 is 5.32 Å². The summed E-state index contributed by atoms with van der Waals surface area (Å²) in [5.74, 6) is 0.467. The molecule has 1 amide bonds. The number of thioether (sulfide) groups is 1. The summed E-state index contributed by atoms with van der Waals surface area (Å²) in [6.07, 6.45) is 0.918. The van der Waals surface area contributed by atoms with E-state index in [0.717, 1.165) is 17.5 Å². The monoisotopic (exact) mass is 305 g/mol. The van der Waals surface area contributed by atoms with Crippen molar-refractivity contribution in [2.75, 3.05) is 6.54 Å². The number of nitrogens with zero attached hydrogens (tertiary/aromatic N) is 2. The van der Waals surface area contributed by atoms with Crippen LogP contribution in [0.2, 0.25) is 0 Å². The van der Waals surface area contributed by atoms with Gasteiger partial charge in [0.15, 0.2) is 0 Å². The molecule has 0 aliphatic carbocycles.